The van der Waals surface area contributed by atoms with Crippen LogP contribution < -0.4 is 9.80 Å². The summed E-state index contributed by atoms with van der Waals surface area (Å²) < 4.78 is 0. The number of hydrogen-bond donors (Lipinski definition) is 2. The molecule has 0 atom stereocenters. The first-order valence-electron chi connectivity index (χ1n) is 14.5. The predicted octanol–water partition coefficient (Wildman–Crippen LogP) is 9.90. The van der Waals surface area contributed by atoms with Crippen LogP contribution in [0.5, 0.6) is 11.5 Å². The molecule has 0 aliphatic heterocycles. The topological polar surface area (TPSA) is 96.4 Å². The van der Waals surface area contributed by atoms with Gasteiger partial charge in [0.2, 0.25) is 0 Å². The second-order valence-electron chi connectivity index (χ2n) is 10.1. The highest BCUT2D eigenvalue weighted by Gasteiger charge is 2.09. The predicted molar refractivity (Wildman–Crippen MR) is 173 cm³/mol. The van der Waals surface area contributed by atoms with Gasteiger partial charge in [0.1, 0.15) is 22.9 Å². The molecule has 0 saturated carbocycles. The molecule has 218 valence electrons. The normalized spacial score (nSPS) is 11.5. The van der Waals surface area contributed by atoms with Crippen molar-refractivity contribution < 1.29 is 10.2 Å². The summed E-state index contributed by atoms with van der Waals surface area (Å²) in [6.45, 7) is 15.8. The first-order chi connectivity index (χ1) is 20.3. The maximum absolute atomic E-state index is 10.5. The molecule has 0 radical (unpaired) electrons. The third kappa shape index (κ3) is 6.94. The largest absolute Gasteiger partial charge is 0.506 e. The molecule has 8 heteroatoms. The van der Waals surface area contributed by atoms with Crippen LogP contribution in [0.2, 0.25) is 0 Å². The van der Waals surface area contributed by atoms with Gasteiger partial charge in [0.15, 0.2) is 0 Å². The average molecular weight is 565 g/mol. The maximum atomic E-state index is 10.5. The zero-order chi connectivity index (χ0) is 30.2. The molecule has 0 spiro atoms. The molecular weight excluding hydrogens is 524 g/mol. The highest BCUT2D eigenvalue weighted by atomic mass is 16.3. The van der Waals surface area contributed by atoms with Crippen LogP contribution in [0.3, 0.4) is 0 Å². The van der Waals surface area contributed by atoms with E-state index >= 15 is 0 Å². The molecule has 4 aromatic rings. The minimum absolute atomic E-state index is 0.108. The van der Waals surface area contributed by atoms with Crippen LogP contribution in [0.4, 0.5) is 34.1 Å². The van der Waals surface area contributed by atoms with Crippen LogP contribution in [0, 0.1) is 13.8 Å². The number of hydrogen-bond acceptors (Lipinski definition) is 8. The molecule has 0 bridgehead atoms. The molecule has 0 aliphatic rings. The third-order valence-corrected chi connectivity index (χ3v) is 7.43. The first kappa shape index (κ1) is 30.2. The molecular formula is C34H40N6O2. The Morgan fingerprint density at radius 3 is 1.12 bits per heavy atom. The number of phenols is 2. The minimum Gasteiger partial charge on any atom is -0.506 e. The van der Waals surface area contributed by atoms with E-state index in [0.717, 1.165) is 71.2 Å². The number of benzene rings is 4. The van der Waals surface area contributed by atoms with Crippen LogP contribution in [0.25, 0.3) is 11.1 Å². The smallest absolute Gasteiger partial charge is 0.145 e. The Hall–Kier alpha value is -4.72. The lowest BCUT2D eigenvalue weighted by Crippen LogP contribution is -2.21. The average Bonchev–Trinajstić information content (AvgIpc) is 2.98. The van der Waals surface area contributed by atoms with E-state index in [0.29, 0.717) is 11.4 Å². The van der Waals surface area contributed by atoms with E-state index in [1.807, 2.05) is 50.2 Å². The molecule has 2 N–H and O–H groups in total. The molecule has 0 aromatic heterocycles. The fourth-order valence-electron chi connectivity index (χ4n) is 4.87. The van der Waals surface area contributed by atoms with Gasteiger partial charge < -0.3 is 20.0 Å². The van der Waals surface area contributed by atoms with Crippen molar-refractivity contribution in [1.29, 1.82) is 0 Å². The van der Waals surface area contributed by atoms with E-state index in [1.54, 1.807) is 24.3 Å². The van der Waals surface area contributed by atoms with Crippen molar-refractivity contribution in [2.45, 2.75) is 41.5 Å². The Balaban J connectivity index is 1.48. The van der Waals surface area contributed by atoms with Crippen LogP contribution in [-0.4, -0.2) is 36.4 Å². The van der Waals surface area contributed by atoms with Gasteiger partial charge in [-0.2, -0.15) is 10.2 Å². The van der Waals surface area contributed by atoms with Crippen molar-refractivity contribution in [3.8, 4) is 22.6 Å². The minimum atomic E-state index is 0.108. The second-order valence-corrected chi connectivity index (χ2v) is 10.1. The third-order valence-electron chi connectivity index (χ3n) is 7.43. The second kappa shape index (κ2) is 13.8. The summed E-state index contributed by atoms with van der Waals surface area (Å²) in [5, 5.41) is 38.4. The number of aromatic hydroxyl groups is 2. The fraction of sp³-hybridized carbons (Fsp3) is 0.294. The van der Waals surface area contributed by atoms with Crippen LogP contribution >= 0.6 is 0 Å². The monoisotopic (exact) mass is 564 g/mol. The number of nitrogens with zero attached hydrogens (tertiary/aromatic N) is 6. The van der Waals surface area contributed by atoms with Crippen molar-refractivity contribution in [2.75, 3.05) is 36.0 Å². The molecule has 0 fully saturated rings. The Morgan fingerprint density at radius 1 is 0.476 bits per heavy atom. The lowest BCUT2D eigenvalue weighted by molar-refractivity contribution is 0.476. The molecule has 42 heavy (non-hydrogen) atoms. The van der Waals surface area contributed by atoms with Crippen LogP contribution in [0.15, 0.2) is 93.3 Å². The van der Waals surface area contributed by atoms with Gasteiger partial charge in [-0.3, -0.25) is 0 Å². The Kier molecular flexibility index (Phi) is 9.91. The molecule has 4 aromatic carbocycles. The Labute approximate surface area is 248 Å². The summed E-state index contributed by atoms with van der Waals surface area (Å²) in [7, 11) is 0. The van der Waals surface area contributed by atoms with Crippen molar-refractivity contribution in [3.63, 3.8) is 0 Å². The molecule has 0 heterocycles. The van der Waals surface area contributed by atoms with Gasteiger partial charge in [-0.25, -0.2) is 0 Å². The number of azo groups is 2. The summed E-state index contributed by atoms with van der Waals surface area (Å²) in [5.41, 5.74) is 8.31. The zero-order valence-corrected chi connectivity index (χ0v) is 25.3. The lowest BCUT2D eigenvalue weighted by atomic mass is 10.0. The highest BCUT2D eigenvalue weighted by Crippen LogP contribution is 2.36. The molecule has 8 nitrogen and oxygen atoms in total. The summed E-state index contributed by atoms with van der Waals surface area (Å²) in [5.74, 6) is 0.217. The van der Waals surface area contributed by atoms with E-state index in [-0.39, 0.29) is 11.5 Å². The molecule has 4 rings (SSSR count). The van der Waals surface area contributed by atoms with Crippen molar-refractivity contribution in [1.82, 2.24) is 0 Å². The fourth-order valence-corrected chi connectivity index (χ4v) is 4.87. The first-order valence-corrected chi connectivity index (χ1v) is 14.5. The lowest BCUT2D eigenvalue weighted by Gasteiger charge is -2.21. The van der Waals surface area contributed by atoms with E-state index < -0.39 is 0 Å². The van der Waals surface area contributed by atoms with Gasteiger partial charge in [0, 0.05) is 49.7 Å². The molecule has 0 unspecified atom stereocenters. The van der Waals surface area contributed by atoms with Gasteiger partial charge in [0.25, 0.3) is 0 Å². The van der Waals surface area contributed by atoms with Gasteiger partial charge in [-0.15, -0.1) is 10.2 Å². The molecule has 0 amide bonds. The van der Waals surface area contributed by atoms with Crippen molar-refractivity contribution >= 4 is 34.1 Å². The van der Waals surface area contributed by atoms with Gasteiger partial charge in [0.05, 0.1) is 11.4 Å². The van der Waals surface area contributed by atoms with Crippen molar-refractivity contribution in [3.05, 3.63) is 83.9 Å². The van der Waals surface area contributed by atoms with E-state index in [1.165, 1.54) is 0 Å². The number of phenolic OH excluding ortho intramolecular Hbond substituents is 2. The quantitative estimate of drug-likeness (QED) is 0.177. The summed E-state index contributed by atoms with van der Waals surface area (Å²) >= 11 is 0. The Bertz CT molecular complexity index is 1470. The van der Waals surface area contributed by atoms with Crippen LogP contribution in [-0.2, 0) is 0 Å². The van der Waals surface area contributed by atoms with Gasteiger partial charge in [-0.05, 0) is 112 Å². The van der Waals surface area contributed by atoms with E-state index in [2.05, 4.69) is 70.1 Å². The van der Waals surface area contributed by atoms with E-state index in [9.17, 15) is 10.2 Å². The SMILES string of the molecule is CCN(CC)c1ccc(N=Nc2ccc(-c3ccc(N=Nc4ccc(N(CC)CC)cc4O)c(C)c3)cc2C)c(O)c1. The summed E-state index contributed by atoms with van der Waals surface area (Å²) in [6, 6.07) is 23.0. The Morgan fingerprint density at radius 2 is 0.810 bits per heavy atom. The molecule has 0 aliphatic carbocycles. The highest BCUT2D eigenvalue weighted by molar-refractivity contribution is 5.70. The maximum Gasteiger partial charge on any atom is 0.145 e. The number of anilines is 2. The number of aryl methyl sites for hydroxylation is 2. The van der Waals surface area contributed by atoms with Gasteiger partial charge >= 0.3 is 0 Å². The van der Waals surface area contributed by atoms with Crippen molar-refractivity contribution in [2.24, 2.45) is 20.5 Å². The molecule has 0 saturated heterocycles. The van der Waals surface area contributed by atoms with Gasteiger partial charge in [-0.1, -0.05) is 12.1 Å². The number of rotatable bonds is 11. The van der Waals surface area contributed by atoms with E-state index in [4.69, 9.17) is 0 Å². The summed E-state index contributed by atoms with van der Waals surface area (Å²) in [4.78, 5) is 4.33. The zero-order valence-electron chi connectivity index (χ0n) is 25.3. The standard InChI is InChI=1S/C34H40N6O2/c1-7-39(8-2)27-13-17-31(33(41)21-27)37-35-29-15-11-25(19-23(29)5)26-12-16-30(24(6)20-26)36-38-32-18-14-28(22-34(32)42)40(9-3)10-4/h11-22,41-42H,7-10H2,1-6H3. The van der Waals surface area contributed by atoms with Crippen LogP contribution in [0.1, 0.15) is 38.8 Å². The summed E-state index contributed by atoms with van der Waals surface area (Å²) in [6.07, 6.45) is 0.